The third kappa shape index (κ3) is 4.73. The van der Waals surface area contributed by atoms with Crippen LogP contribution in [0.1, 0.15) is 63.9 Å². The lowest BCUT2D eigenvalue weighted by molar-refractivity contribution is -0.151. The Hall–Kier alpha value is -3.29. The second kappa shape index (κ2) is 10.8. The summed E-state index contributed by atoms with van der Waals surface area (Å²) in [5.41, 5.74) is 2.72. The van der Waals surface area contributed by atoms with Gasteiger partial charge in [-0.1, -0.05) is 19.4 Å². The number of allylic oxidation sites excluding steroid dienone is 3. The summed E-state index contributed by atoms with van der Waals surface area (Å²) in [6.45, 7) is 3.69. The molecule has 36 heavy (non-hydrogen) atoms. The molecule has 1 aromatic carbocycles. The molecular formula is C28H35NO7. The van der Waals surface area contributed by atoms with Crippen LogP contribution in [0.25, 0.3) is 0 Å². The Balaban J connectivity index is 1.84. The number of carbonyl (C=O) groups is 3. The molecule has 0 spiro atoms. The van der Waals surface area contributed by atoms with E-state index in [-0.39, 0.29) is 17.8 Å². The molecule has 1 N–H and O–H groups in total. The average molecular weight is 498 g/mol. The first kappa shape index (κ1) is 25.8. The zero-order valence-electron chi connectivity index (χ0n) is 21.6. The van der Waals surface area contributed by atoms with Crippen molar-refractivity contribution in [3.63, 3.8) is 0 Å². The lowest BCUT2D eigenvalue weighted by atomic mass is 9.69. The summed E-state index contributed by atoms with van der Waals surface area (Å²) in [6, 6.07) is 5.30. The van der Waals surface area contributed by atoms with E-state index in [4.69, 9.17) is 18.9 Å². The van der Waals surface area contributed by atoms with E-state index in [1.165, 1.54) is 14.2 Å². The van der Waals surface area contributed by atoms with Gasteiger partial charge in [-0.25, -0.2) is 4.79 Å². The maximum absolute atomic E-state index is 13.9. The molecule has 8 heteroatoms. The van der Waals surface area contributed by atoms with Gasteiger partial charge >= 0.3 is 11.9 Å². The molecule has 2 aliphatic carbocycles. The van der Waals surface area contributed by atoms with Crippen LogP contribution < -0.4 is 14.8 Å². The van der Waals surface area contributed by atoms with Gasteiger partial charge in [0.15, 0.2) is 5.78 Å². The number of hydrogen-bond acceptors (Lipinski definition) is 8. The van der Waals surface area contributed by atoms with Crippen LogP contribution in [0.2, 0.25) is 0 Å². The molecular weight excluding hydrogens is 462 g/mol. The number of benzene rings is 1. The van der Waals surface area contributed by atoms with E-state index in [0.29, 0.717) is 46.0 Å². The Labute approximate surface area is 212 Å². The molecule has 0 unspecified atom stereocenters. The average Bonchev–Trinajstić information content (AvgIpc) is 2.87. The van der Waals surface area contributed by atoms with Crippen molar-refractivity contribution < 1.29 is 33.3 Å². The van der Waals surface area contributed by atoms with Gasteiger partial charge in [0.25, 0.3) is 0 Å². The molecule has 8 nitrogen and oxygen atoms in total. The quantitative estimate of drug-likeness (QED) is 0.461. The van der Waals surface area contributed by atoms with Crippen molar-refractivity contribution in [1.29, 1.82) is 0 Å². The standard InChI is InChI=1S/C28H35NO7/c1-15-13-20-25(26(30)22(15)27(31)35-5)24(19-12-11-18(33-3)14-21(19)34-4)23(16(2)29-20)28(32)36-17-9-7-6-8-10-17/h11-12,14-15,17,22,24,29H,6-10,13H2,1-5H3/t15-,22-,24-/m1/s1. The topological polar surface area (TPSA) is 100 Å². The fourth-order valence-corrected chi connectivity index (χ4v) is 5.72. The van der Waals surface area contributed by atoms with Crippen LogP contribution in [0, 0.1) is 11.8 Å². The monoisotopic (exact) mass is 497 g/mol. The van der Waals surface area contributed by atoms with Gasteiger partial charge in [-0.3, -0.25) is 9.59 Å². The van der Waals surface area contributed by atoms with Crippen LogP contribution >= 0.6 is 0 Å². The van der Waals surface area contributed by atoms with Gasteiger partial charge in [0.05, 0.1) is 32.8 Å². The SMILES string of the molecule is COC(=O)[C@H]1C(=O)C2=C(C[C@H]1C)NC(C)=C(C(=O)OC1CCCCC1)[C@H]2c1ccc(OC)cc1OC. The van der Waals surface area contributed by atoms with Gasteiger partial charge in [-0.05, 0) is 51.0 Å². The molecule has 3 aliphatic rings. The predicted octanol–water partition coefficient (Wildman–Crippen LogP) is 4.19. The van der Waals surface area contributed by atoms with Crippen molar-refractivity contribution in [2.75, 3.05) is 21.3 Å². The maximum Gasteiger partial charge on any atom is 0.337 e. The fourth-order valence-electron chi connectivity index (χ4n) is 5.72. The Kier molecular flexibility index (Phi) is 7.71. The fraction of sp³-hybridized carbons (Fsp3) is 0.536. The predicted molar refractivity (Wildman–Crippen MR) is 132 cm³/mol. The van der Waals surface area contributed by atoms with Crippen LogP contribution in [0.15, 0.2) is 40.7 Å². The second-order valence-electron chi connectivity index (χ2n) is 9.81. The van der Waals surface area contributed by atoms with Gasteiger partial charge in [-0.2, -0.15) is 0 Å². The molecule has 194 valence electrons. The van der Waals surface area contributed by atoms with Gasteiger partial charge < -0.3 is 24.3 Å². The normalized spacial score (nSPS) is 24.6. The Morgan fingerprint density at radius 3 is 2.39 bits per heavy atom. The summed E-state index contributed by atoms with van der Waals surface area (Å²) in [5, 5.41) is 3.30. The number of rotatable bonds is 6. The van der Waals surface area contributed by atoms with Crippen LogP contribution in [0.5, 0.6) is 11.5 Å². The largest absolute Gasteiger partial charge is 0.497 e. The number of esters is 2. The highest BCUT2D eigenvalue weighted by molar-refractivity contribution is 6.12. The lowest BCUT2D eigenvalue weighted by Gasteiger charge is -2.39. The van der Waals surface area contributed by atoms with E-state index in [1.807, 2.05) is 13.8 Å². The van der Waals surface area contributed by atoms with Crippen molar-refractivity contribution in [3.05, 3.63) is 46.3 Å². The second-order valence-corrected chi connectivity index (χ2v) is 9.81. The smallest absolute Gasteiger partial charge is 0.337 e. The molecule has 4 rings (SSSR count). The summed E-state index contributed by atoms with van der Waals surface area (Å²) in [5.74, 6) is -2.27. The number of hydrogen-bond donors (Lipinski definition) is 1. The van der Waals surface area contributed by atoms with Crippen molar-refractivity contribution in [3.8, 4) is 11.5 Å². The summed E-state index contributed by atoms with van der Waals surface area (Å²) < 4.78 is 22.0. The van der Waals surface area contributed by atoms with E-state index in [9.17, 15) is 14.4 Å². The lowest BCUT2D eigenvalue weighted by Crippen LogP contribution is -2.43. The maximum atomic E-state index is 13.9. The van der Waals surface area contributed by atoms with Crippen LogP contribution in [0.3, 0.4) is 0 Å². The van der Waals surface area contributed by atoms with E-state index >= 15 is 0 Å². The number of dihydropyridines is 1. The molecule has 3 atom stereocenters. The van der Waals surface area contributed by atoms with Crippen LogP contribution in [-0.2, 0) is 23.9 Å². The molecule has 1 fully saturated rings. The third-order valence-corrected chi connectivity index (χ3v) is 7.54. The van der Waals surface area contributed by atoms with Gasteiger partial charge in [0.2, 0.25) is 0 Å². The van der Waals surface area contributed by atoms with Crippen LogP contribution in [-0.4, -0.2) is 45.2 Å². The van der Waals surface area contributed by atoms with Crippen molar-refractivity contribution in [1.82, 2.24) is 5.32 Å². The number of carbonyl (C=O) groups excluding carboxylic acids is 3. The molecule has 0 amide bonds. The Morgan fingerprint density at radius 2 is 1.75 bits per heavy atom. The summed E-state index contributed by atoms with van der Waals surface area (Å²) >= 11 is 0. The highest BCUT2D eigenvalue weighted by Gasteiger charge is 2.48. The van der Waals surface area contributed by atoms with Crippen molar-refractivity contribution in [2.24, 2.45) is 11.8 Å². The zero-order valence-corrected chi connectivity index (χ0v) is 21.6. The van der Waals surface area contributed by atoms with Gasteiger partial charge in [0.1, 0.15) is 23.5 Å². The van der Waals surface area contributed by atoms with Crippen molar-refractivity contribution >= 4 is 17.7 Å². The highest BCUT2D eigenvalue weighted by Crippen LogP contribution is 2.48. The Morgan fingerprint density at radius 1 is 1.03 bits per heavy atom. The number of Topliss-reactive ketones (excluding diaryl/α,β-unsaturated/α-hetero) is 1. The third-order valence-electron chi connectivity index (χ3n) is 7.54. The molecule has 1 heterocycles. The van der Waals surface area contributed by atoms with E-state index in [1.54, 1.807) is 25.3 Å². The van der Waals surface area contributed by atoms with Crippen molar-refractivity contribution in [2.45, 2.75) is 64.4 Å². The minimum absolute atomic E-state index is 0.148. The molecule has 0 aromatic heterocycles. The summed E-state index contributed by atoms with van der Waals surface area (Å²) in [7, 11) is 4.38. The minimum atomic E-state index is -0.948. The number of nitrogens with one attached hydrogen (secondary N) is 1. The van der Waals surface area contributed by atoms with Crippen LogP contribution in [0.4, 0.5) is 0 Å². The first-order valence-corrected chi connectivity index (χ1v) is 12.6. The molecule has 1 aliphatic heterocycles. The zero-order chi connectivity index (χ0) is 26.0. The Bertz CT molecular complexity index is 1110. The van der Waals surface area contributed by atoms with E-state index in [2.05, 4.69) is 5.32 Å². The molecule has 0 saturated heterocycles. The summed E-state index contributed by atoms with van der Waals surface area (Å²) in [6.07, 6.45) is 5.17. The molecule has 1 aromatic rings. The number of ketones is 1. The first-order chi connectivity index (χ1) is 17.3. The first-order valence-electron chi connectivity index (χ1n) is 12.6. The van der Waals surface area contributed by atoms with Gasteiger partial charge in [-0.15, -0.1) is 0 Å². The highest BCUT2D eigenvalue weighted by atomic mass is 16.5. The van der Waals surface area contributed by atoms with E-state index < -0.39 is 23.8 Å². The molecule has 0 radical (unpaired) electrons. The molecule has 1 saturated carbocycles. The number of ether oxygens (including phenoxy) is 4. The number of methoxy groups -OCH3 is 3. The van der Waals surface area contributed by atoms with E-state index in [0.717, 1.165) is 32.1 Å². The molecule has 0 bridgehead atoms. The van der Waals surface area contributed by atoms with Gasteiger partial charge in [0, 0.05) is 28.6 Å². The minimum Gasteiger partial charge on any atom is -0.497 e. The summed E-state index contributed by atoms with van der Waals surface area (Å²) in [4.78, 5) is 40.2.